The van der Waals surface area contributed by atoms with E-state index in [0.29, 0.717) is 32.0 Å². The number of hydrogen-bond acceptors (Lipinski definition) is 4. The summed E-state index contributed by atoms with van der Waals surface area (Å²) in [6.07, 6.45) is 2.77. The molecule has 0 spiro atoms. The van der Waals surface area contributed by atoms with Crippen molar-refractivity contribution in [3.05, 3.63) is 59.4 Å². The van der Waals surface area contributed by atoms with Gasteiger partial charge in [-0.05, 0) is 29.7 Å². The molecule has 1 aromatic carbocycles. The second-order valence-corrected chi connectivity index (χ2v) is 6.24. The fourth-order valence-corrected chi connectivity index (χ4v) is 3.38. The van der Waals surface area contributed by atoms with Crippen molar-refractivity contribution in [2.45, 2.75) is 13.0 Å². The van der Waals surface area contributed by atoms with Crippen molar-refractivity contribution in [1.29, 1.82) is 0 Å². The van der Waals surface area contributed by atoms with E-state index in [1.807, 2.05) is 17.0 Å². The number of fused-ring (bicyclic) bond motifs is 1. The highest BCUT2D eigenvalue weighted by Gasteiger charge is 2.21. The third kappa shape index (κ3) is 2.99. The Balaban J connectivity index is 1.54. The Morgan fingerprint density at radius 1 is 1.04 bits per heavy atom. The second kappa shape index (κ2) is 6.61. The lowest BCUT2D eigenvalue weighted by molar-refractivity contribution is 0.0299. The molecule has 0 bridgehead atoms. The van der Waals surface area contributed by atoms with Gasteiger partial charge in [-0.15, -0.1) is 0 Å². The molecular weight excluding hydrogens is 302 g/mol. The van der Waals surface area contributed by atoms with Gasteiger partial charge in [-0.2, -0.15) is 0 Å². The zero-order chi connectivity index (χ0) is 16.4. The van der Waals surface area contributed by atoms with Gasteiger partial charge in [0.05, 0.1) is 13.2 Å². The van der Waals surface area contributed by atoms with Gasteiger partial charge in [0.25, 0.3) is 5.91 Å². The Morgan fingerprint density at radius 3 is 2.67 bits per heavy atom. The number of rotatable bonds is 2. The van der Waals surface area contributed by atoms with Crippen LogP contribution < -0.4 is 4.90 Å². The summed E-state index contributed by atoms with van der Waals surface area (Å²) in [5.74, 6) is -0.00226. The fourth-order valence-electron chi connectivity index (χ4n) is 3.38. The molecule has 4 rings (SSSR count). The SMILES string of the molecule is O=C(c1cc(N2CCc3ccccc3C2)ccn1)N1CCOCC1. The van der Waals surface area contributed by atoms with Gasteiger partial charge < -0.3 is 14.5 Å². The first-order valence-electron chi connectivity index (χ1n) is 8.46. The first kappa shape index (κ1) is 15.1. The van der Waals surface area contributed by atoms with Gasteiger partial charge in [0.2, 0.25) is 0 Å². The number of pyridine rings is 1. The number of amides is 1. The van der Waals surface area contributed by atoms with Crippen molar-refractivity contribution >= 4 is 11.6 Å². The van der Waals surface area contributed by atoms with Crippen LogP contribution in [0.15, 0.2) is 42.6 Å². The van der Waals surface area contributed by atoms with Crippen molar-refractivity contribution in [2.75, 3.05) is 37.7 Å². The molecule has 0 unspecified atom stereocenters. The van der Waals surface area contributed by atoms with Crippen LogP contribution in [-0.2, 0) is 17.7 Å². The van der Waals surface area contributed by atoms with Gasteiger partial charge in [-0.3, -0.25) is 9.78 Å². The van der Waals surface area contributed by atoms with Crippen LogP contribution >= 0.6 is 0 Å². The number of carbonyl (C=O) groups excluding carboxylic acids is 1. The summed E-state index contributed by atoms with van der Waals surface area (Å²) in [4.78, 5) is 21.1. The smallest absolute Gasteiger partial charge is 0.272 e. The van der Waals surface area contributed by atoms with Crippen molar-refractivity contribution in [1.82, 2.24) is 9.88 Å². The first-order valence-corrected chi connectivity index (χ1v) is 8.46. The normalized spacial score (nSPS) is 17.5. The van der Waals surface area contributed by atoms with Gasteiger partial charge in [0.1, 0.15) is 5.69 Å². The highest BCUT2D eigenvalue weighted by atomic mass is 16.5. The largest absolute Gasteiger partial charge is 0.378 e. The minimum Gasteiger partial charge on any atom is -0.378 e. The summed E-state index contributed by atoms with van der Waals surface area (Å²) in [7, 11) is 0. The first-order chi connectivity index (χ1) is 11.8. The number of ether oxygens (including phenoxy) is 1. The van der Waals surface area contributed by atoms with Crippen LogP contribution in [0.2, 0.25) is 0 Å². The maximum Gasteiger partial charge on any atom is 0.272 e. The quantitative estimate of drug-likeness (QED) is 0.849. The molecule has 1 aromatic heterocycles. The molecule has 5 heteroatoms. The van der Waals surface area contributed by atoms with E-state index in [1.165, 1.54) is 11.1 Å². The molecule has 1 fully saturated rings. The summed E-state index contributed by atoms with van der Waals surface area (Å²) >= 11 is 0. The van der Waals surface area contributed by atoms with E-state index in [1.54, 1.807) is 6.20 Å². The van der Waals surface area contributed by atoms with Crippen LogP contribution in [0.25, 0.3) is 0 Å². The monoisotopic (exact) mass is 323 g/mol. The van der Waals surface area contributed by atoms with Crippen LogP contribution in [0.4, 0.5) is 5.69 Å². The molecule has 0 atom stereocenters. The van der Waals surface area contributed by atoms with E-state index in [9.17, 15) is 4.79 Å². The third-order valence-corrected chi connectivity index (χ3v) is 4.76. The van der Waals surface area contributed by atoms with Gasteiger partial charge >= 0.3 is 0 Å². The van der Waals surface area contributed by atoms with Gasteiger partial charge in [0, 0.05) is 38.1 Å². The molecule has 3 heterocycles. The van der Waals surface area contributed by atoms with E-state index < -0.39 is 0 Å². The van der Waals surface area contributed by atoms with Gasteiger partial charge in [0.15, 0.2) is 0 Å². The minimum atomic E-state index is -0.00226. The summed E-state index contributed by atoms with van der Waals surface area (Å²) in [6.45, 7) is 4.34. The molecule has 124 valence electrons. The van der Waals surface area contributed by atoms with Crippen LogP contribution in [-0.4, -0.2) is 48.6 Å². The van der Waals surface area contributed by atoms with E-state index >= 15 is 0 Å². The maximum absolute atomic E-state index is 12.6. The summed E-state index contributed by atoms with van der Waals surface area (Å²) in [5.41, 5.74) is 4.37. The lowest BCUT2D eigenvalue weighted by Crippen LogP contribution is -2.41. The lowest BCUT2D eigenvalue weighted by Gasteiger charge is -2.31. The van der Waals surface area contributed by atoms with Crippen molar-refractivity contribution in [3.8, 4) is 0 Å². The molecule has 0 N–H and O–H groups in total. The summed E-state index contributed by atoms with van der Waals surface area (Å²) in [6, 6.07) is 12.5. The average Bonchev–Trinajstić information content (AvgIpc) is 2.68. The molecule has 2 aliphatic rings. The number of nitrogens with zero attached hydrogens (tertiary/aromatic N) is 3. The zero-order valence-corrected chi connectivity index (χ0v) is 13.6. The average molecular weight is 323 g/mol. The standard InChI is InChI=1S/C19H21N3O2/c23-19(21-9-11-24-12-10-21)18-13-17(5-7-20-18)22-8-6-15-3-1-2-4-16(15)14-22/h1-5,7,13H,6,8-12,14H2. The van der Waals surface area contributed by atoms with Crippen molar-refractivity contribution in [2.24, 2.45) is 0 Å². The third-order valence-electron chi connectivity index (χ3n) is 4.76. The zero-order valence-electron chi connectivity index (χ0n) is 13.6. The maximum atomic E-state index is 12.6. The summed E-state index contributed by atoms with van der Waals surface area (Å²) < 4.78 is 5.32. The number of anilines is 1. The Hall–Kier alpha value is -2.40. The fraction of sp³-hybridized carbons (Fsp3) is 0.368. The molecule has 2 aliphatic heterocycles. The van der Waals surface area contributed by atoms with E-state index in [-0.39, 0.29) is 5.91 Å². The van der Waals surface area contributed by atoms with Crippen LogP contribution in [0.1, 0.15) is 21.6 Å². The highest BCUT2D eigenvalue weighted by molar-refractivity contribution is 5.93. The van der Waals surface area contributed by atoms with Crippen LogP contribution in [0.3, 0.4) is 0 Å². The Bertz CT molecular complexity index is 741. The van der Waals surface area contributed by atoms with E-state index in [4.69, 9.17) is 4.74 Å². The van der Waals surface area contributed by atoms with Gasteiger partial charge in [-0.25, -0.2) is 0 Å². The molecule has 0 aliphatic carbocycles. The molecule has 24 heavy (non-hydrogen) atoms. The number of aromatic nitrogens is 1. The Kier molecular flexibility index (Phi) is 4.17. The predicted octanol–water partition coefficient (Wildman–Crippen LogP) is 2.12. The molecule has 5 nitrogen and oxygen atoms in total. The van der Waals surface area contributed by atoms with Crippen molar-refractivity contribution < 1.29 is 9.53 Å². The number of hydrogen-bond donors (Lipinski definition) is 0. The molecule has 1 amide bonds. The van der Waals surface area contributed by atoms with Crippen LogP contribution in [0, 0.1) is 0 Å². The molecule has 1 saturated heterocycles. The lowest BCUT2D eigenvalue weighted by atomic mass is 9.99. The second-order valence-electron chi connectivity index (χ2n) is 6.24. The molecule has 2 aromatic rings. The number of carbonyl (C=O) groups is 1. The molecule has 0 radical (unpaired) electrons. The number of morpholine rings is 1. The molecule has 0 saturated carbocycles. The Morgan fingerprint density at radius 2 is 1.83 bits per heavy atom. The summed E-state index contributed by atoms with van der Waals surface area (Å²) in [5, 5.41) is 0. The Labute approximate surface area is 141 Å². The van der Waals surface area contributed by atoms with E-state index in [0.717, 1.165) is 25.2 Å². The van der Waals surface area contributed by atoms with Crippen LogP contribution in [0.5, 0.6) is 0 Å². The molecular formula is C19H21N3O2. The minimum absolute atomic E-state index is 0.00226. The van der Waals surface area contributed by atoms with E-state index in [2.05, 4.69) is 34.1 Å². The van der Waals surface area contributed by atoms with Crippen molar-refractivity contribution in [3.63, 3.8) is 0 Å². The van der Waals surface area contributed by atoms with Gasteiger partial charge in [-0.1, -0.05) is 24.3 Å². The number of benzene rings is 1. The predicted molar refractivity (Wildman–Crippen MR) is 92.2 cm³/mol. The highest BCUT2D eigenvalue weighted by Crippen LogP contribution is 2.24. The topological polar surface area (TPSA) is 45.7 Å².